The molecule has 29 heavy (non-hydrogen) atoms. The summed E-state index contributed by atoms with van der Waals surface area (Å²) in [5.41, 5.74) is 4.10. The predicted molar refractivity (Wildman–Crippen MR) is 113 cm³/mol. The van der Waals surface area contributed by atoms with Crippen molar-refractivity contribution in [3.8, 4) is 0 Å². The molecule has 0 fully saturated rings. The summed E-state index contributed by atoms with van der Waals surface area (Å²) in [6, 6.07) is 17.4. The van der Waals surface area contributed by atoms with E-state index in [0.717, 1.165) is 11.1 Å². The maximum Gasteiger partial charge on any atom is 0.258 e. The molecule has 6 nitrogen and oxygen atoms in total. The van der Waals surface area contributed by atoms with Crippen molar-refractivity contribution >= 4 is 11.9 Å². The molecule has 0 bridgehead atoms. The number of anilines is 1. The Kier molecular flexibility index (Phi) is 5.16. The number of benzene rings is 2. The van der Waals surface area contributed by atoms with Crippen LogP contribution in [0.5, 0.6) is 0 Å². The summed E-state index contributed by atoms with van der Waals surface area (Å²) < 4.78 is 1.67. The van der Waals surface area contributed by atoms with Crippen molar-refractivity contribution in [3.63, 3.8) is 0 Å². The van der Waals surface area contributed by atoms with E-state index in [4.69, 9.17) is 4.98 Å². The molecular weight excluding hydrogens is 364 g/mol. The summed E-state index contributed by atoms with van der Waals surface area (Å²) in [5.74, 6) is 0.489. The molecule has 0 saturated carbocycles. The fraction of sp³-hybridized carbons (Fsp3) is 0.261. The van der Waals surface area contributed by atoms with Gasteiger partial charge in [0.25, 0.3) is 11.5 Å². The van der Waals surface area contributed by atoms with Gasteiger partial charge in [-0.2, -0.15) is 0 Å². The molecule has 1 amide bonds. The summed E-state index contributed by atoms with van der Waals surface area (Å²) in [6.07, 6.45) is 0.511. The third-order valence-electron chi connectivity index (χ3n) is 5.28. The van der Waals surface area contributed by atoms with Gasteiger partial charge in [0.2, 0.25) is 5.95 Å². The minimum Gasteiger partial charge on any atom is -0.359 e. The monoisotopic (exact) mass is 388 g/mol. The number of nitrogens with one attached hydrogen (secondary N) is 1. The van der Waals surface area contributed by atoms with Crippen LogP contribution < -0.4 is 10.9 Å². The highest BCUT2D eigenvalue weighted by Gasteiger charge is 2.26. The summed E-state index contributed by atoms with van der Waals surface area (Å²) in [6.45, 7) is 3.29. The molecule has 3 aromatic rings. The highest BCUT2D eigenvalue weighted by atomic mass is 16.2. The number of hydrogen-bond acceptors (Lipinski definition) is 4. The van der Waals surface area contributed by atoms with E-state index >= 15 is 0 Å². The van der Waals surface area contributed by atoms with Crippen molar-refractivity contribution < 1.29 is 4.79 Å². The quantitative estimate of drug-likeness (QED) is 0.746. The predicted octanol–water partition coefficient (Wildman–Crippen LogP) is 2.84. The molecule has 0 radical (unpaired) electrons. The fourth-order valence-corrected chi connectivity index (χ4v) is 3.76. The van der Waals surface area contributed by atoms with Gasteiger partial charge in [0.1, 0.15) is 0 Å². The van der Waals surface area contributed by atoms with Crippen LogP contribution in [0.15, 0.2) is 59.4 Å². The van der Waals surface area contributed by atoms with Gasteiger partial charge in [-0.15, -0.1) is 0 Å². The number of carbonyl (C=O) groups is 1. The van der Waals surface area contributed by atoms with Gasteiger partial charge in [0, 0.05) is 24.7 Å². The number of nitrogens with zero attached hydrogens (tertiary/aromatic N) is 3. The summed E-state index contributed by atoms with van der Waals surface area (Å²) in [5, 5.41) is 3.04. The number of fused-ring (bicyclic) bond motifs is 1. The lowest BCUT2D eigenvalue weighted by molar-refractivity contribution is 0.0731. The van der Waals surface area contributed by atoms with E-state index in [2.05, 4.69) is 5.32 Å². The van der Waals surface area contributed by atoms with Crippen LogP contribution in [-0.2, 0) is 19.5 Å². The molecule has 1 N–H and O–H groups in total. The third-order valence-corrected chi connectivity index (χ3v) is 5.28. The molecule has 2 aromatic carbocycles. The molecule has 1 aliphatic heterocycles. The highest BCUT2D eigenvalue weighted by Crippen LogP contribution is 2.19. The van der Waals surface area contributed by atoms with E-state index in [-0.39, 0.29) is 11.5 Å². The van der Waals surface area contributed by atoms with Crippen LogP contribution in [0.2, 0.25) is 0 Å². The zero-order valence-corrected chi connectivity index (χ0v) is 16.7. The van der Waals surface area contributed by atoms with Gasteiger partial charge in [-0.1, -0.05) is 48.0 Å². The first-order valence-electron chi connectivity index (χ1n) is 9.77. The Labute approximate surface area is 169 Å². The molecule has 2 heterocycles. The van der Waals surface area contributed by atoms with Crippen LogP contribution in [0.3, 0.4) is 0 Å². The van der Waals surface area contributed by atoms with Gasteiger partial charge in [0.05, 0.1) is 18.8 Å². The number of amides is 1. The maximum absolute atomic E-state index is 13.2. The lowest BCUT2D eigenvalue weighted by atomic mass is 10.0. The maximum atomic E-state index is 13.2. The summed E-state index contributed by atoms with van der Waals surface area (Å²) in [4.78, 5) is 32.5. The molecular formula is C23H24N4O2. The Morgan fingerprint density at radius 3 is 2.66 bits per heavy atom. The Balaban J connectivity index is 1.65. The summed E-state index contributed by atoms with van der Waals surface area (Å²) >= 11 is 0. The normalized spacial score (nSPS) is 13.1. The lowest BCUT2D eigenvalue weighted by Gasteiger charge is -2.29. The molecule has 6 heteroatoms. The third kappa shape index (κ3) is 3.78. The van der Waals surface area contributed by atoms with Gasteiger partial charge in [-0.25, -0.2) is 4.98 Å². The van der Waals surface area contributed by atoms with E-state index < -0.39 is 0 Å². The first-order valence-corrected chi connectivity index (χ1v) is 9.77. The highest BCUT2D eigenvalue weighted by molar-refractivity contribution is 5.94. The SMILES string of the molecule is CNc1nc2c(c(=O)n1Cc1ccccc1)CCN(C(=O)c1cccc(C)c1)C2. The zero-order valence-electron chi connectivity index (χ0n) is 16.7. The van der Waals surface area contributed by atoms with Crippen molar-refractivity contribution in [2.75, 3.05) is 18.9 Å². The van der Waals surface area contributed by atoms with E-state index in [1.807, 2.05) is 61.5 Å². The second kappa shape index (κ2) is 7.91. The smallest absolute Gasteiger partial charge is 0.258 e. The van der Waals surface area contributed by atoms with Crippen LogP contribution in [0, 0.1) is 6.92 Å². The summed E-state index contributed by atoms with van der Waals surface area (Å²) in [7, 11) is 1.76. The minimum atomic E-state index is -0.0362. The topological polar surface area (TPSA) is 67.2 Å². The second-order valence-electron chi connectivity index (χ2n) is 7.33. The van der Waals surface area contributed by atoms with Crippen LogP contribution in [0.1, 0.15) is 32.7 Å². The Hall–Kier alpha value is -3.41. The minimum absolute atomic E-state index is 0.0272. The first-order chi connectivity index (χ1) is 14.1. The largest absolute Gasteiger partial charge is 0.359 e. The van der Waals surface area contributed by atoms with E-state index in [1.165, 1.54) is 0 Å². The van der Waals surface area contributed by atoms with E-state index in [1.54, 1.807) is 16.5 Å². The standard InChI is InChI=1S/C23H24N4O2/c1-16-7-6-10-18(13-16)21(28)26-12-11-19-20(15-26)25-23(24-2)27(22(19)29)14-17-8-4-3-5-9-17/h3-10,13H,11-12,14-15H2,1-2H3,(H,24,25). The molecule has 0 atom stereocenters. The van der Waals surface area contributed by atoms with Crippen LogP contribution in [0.4, 0.5) is 5.95 Å². The van der Waals surface area contributed by atoms with Gasteiger partial charge in [-0.3, -0.25) is 14.2 Å². The molecule has 0 saturated heterocycles. The second-order valence-corrected chi connectivity index (χ2v) is 7.33. The molecule has 4 rings (SSSR count). The van der Waals surface area contributed by atoms with Gasteiger partial charge >= 0.3 is 0 Å². The van der Waals surface area contributed by atoms with Gasteiger partial charge in [-0.05, 0) is 31.0 Å². The Morgan fingerprint density at radius 1 is 1.14 bits per heavy atom. The molecule has 1 aromatic heterocycles. The molecule has 1 aliphatic rings. The molecule has 0 aliphatic carbocycles. The zero-order chi connectivity index (χ0) is 20.4. The van der Waals surface area contributed by atoms with Crippen molar-refractivity contribution in [1.82, 2.24) is 14.5 Å². The number of aromatic nitrogens is 2. The fourth-order valence-electron chi connectivity index (χ4n) is 3.76. The lowest BCUT2D eigenvalue weighted by Crippen LogP contribution is -2.41. The Bertz CT molecular complexity index is 1110. The Morgan fingerprint density at radius 2 is 1.93 bits per heavy atom. The van der Waals surface area contributed by atoms with Crippen LogP contribution >= 0.6 is 0 Å². The number of hydrogen-bond donors (Lipinski definition) is 1. The van der Waals surface area contributed by atoms with Gasteiger partial charge in [0.15, 0.2) is 0 Å². The average Bonchev–Trinajstić information content (AvgIpc) is 2.75. The van der Waals surface area contributed by atoms with Crippen molar-refractivity contribution in [3.05, 3.63) is 92.9 Å². The van der Waals surface area contributed by atoms with Crippen LogP contribution in [-0.4, -0.2) is 34.0 Å². The first kappa shape index (κ1) is 18.9. The van der Waals surface area contributed by atoms with E-state index in [9.17, 15) is 9.59 Å². The molecule has 0 spiro atoms. The van der Waals surface area contributed by atoms with Crippen molar-refractivity contribution in [2.45, 2.75) is 26.4 Å². The average molecular weight is 388 g/mol. The van der Waals surface area contributed by atoms with Crippen LogP contribution in [0.25, 0.3) is 0 Å². The van der Waals surface area contributed by atoms with Gasteiger partial charge < -0.3 is 10.2 Å². The van der Waals surface area contributed by atoms with E-state index in [0.29, 0.717) is 48.8 Å². The number of aryl methyl sites for hydroxylation is 1. The van der Waals surface area contributed by atoms with Crippen molar-refractivity contribution in [1.29, 1.82) is 0 Å². The molecule has 0 unspecified atom stereocenters. The molecule has 148 valence electrons. The number of rotatable bonds is 4. The number of carbonyl (C=O) groups excluding carboxylic acids is 1. The van der Waals surface area contributed by atoms with Crippen molar-refractivity contribution in [2.24, 2.45) is 0 Å².